The highest BCUT2D eigenvalue weighted by molar-refractivity contribution is 9.10. The molecular formula is C8H4BrN5OS. The average molecular weight is 298 g/mol. The van der Waals surface area contributed by atoms with Crippen LogP contribution in [0.15, 0.2) is 21.7 Å². The molecule has 0 unspecified atom stereocenters. The summed E-state index contributed by atoms with van der Waals surface area (Å²) in [6.07, 6.45) is 1.56. The van der Waals surface area contributed by atoms with Gasteiger partial charge in [0.05, 0.1) is 0 Å². The summed E-state index contributed by atoms with van der Waals surface area (Å²) in [5.74, 6) is 0.320. The van der Waals surface area contributed by atoms with E-state index in [1.54, 1.807) is 12.3 Å². The second-order valence-electron chi connectivity index (χ2n) is 2.68. The molecular weight excluding hydrogens is 294 g/mol. The average Bonchev–Trinajstić information content (AvgIpc) is 2.59. The Morgan fingerprint density at radius 1 is 1.62 bits per heavy atom. The number of nitrogens with zero attached hydrogens (tertiary/aromatic N) is 3. The van der Waals surface area contributed by atoms with E-state index in [1.807, 2.05) is 6.07 Å². The number of aromatic amines is 1. The van der Waals surface area contributed by atoms with E-state index in [1.165, 1.54) is 0 Å². The lowest BCUT2D eigenvalue weighted by Crippen LogP contribution is -2.03. The molecule has 0 spiro atoms. The van der Waals surface area contributed by atoms with E-state index in [9.17, 15) is 4.79 Å². The van der Waals surface area contributed by atoms with Crippen molar-refractivity contribution in [3.63, 3.8) is 0 Å². The zero-order valence-electron chi connectivity index (χ0n) is 7.69. The predicted octanol–water partition coefficient (Wildman–Crippen LogP) is 1.60. The van der Waals surface area contributed by atoms with Crippen LogP contribution in [0, 0.1) is 11.3 Å². The van der Waals surface area contributed by atoms with Gasteiger partial charge in [-0.3, -0.25) is 9.17 Å². The van der Waals surface area contributed by atoms with E-state index in [2.05, 4.69) is 35.6 Å². The molecule has 80 valence electrons. The molecule has 2 N–H and O–H groups in total. The molecule has 0 radical (unpaired) electrons. The standard InChI is InChI=1S/C8H4BrN5OS/c9-5-1-2-11-8(12-5)13-7-4(3-10)6(15)14-16-7/h1-2H,(H,14,15)(H,11,12,13). The van der Waals surface area contributed by atoms with Crippen molar-refractivity contribution in [1.82, 2.24) is 14.3 Å². The van der Waals surface area contributed by atoms with Crippen molar-refractivity contribution >= 4 is 38.4 Å². The lowest BCUT2D eigenvalue weighted by atomic mass is 10.4. The molecule has 6 nitrogen and oxygen atoms in total. The lowest BCUT2D eigenvalue weighted by molar-refractivity contribution is 1.14. The van der Waals surface area contributed by atoms with Crippen LogP contribution in [0.25, 0.3) is 0 Å². The number of hydrogen-bond acceptors (Lipinski definition) is 6. The fraction of sp³-hybridized carbons (Fsp3) is 0. The van der Waals surface area contributed by atoms with Crippen LogP contribution < -0.4 is 10.9 Å². The first kappa shape index (κ1) is 10.8. The molecule has 0 amide bonds. The Kier molecular flexibility index (Phi) is 2.98. The van der Waals surface area contributed by atoms with Crippen LogP contribution in [-0.2, 0) is 0 Å². The van der Waals surface area contributed by atoms with Crippen molar-refractivity contribution in [1.29, 1.82) is 5.26 Å². The van der Waals surface area contributed by atoms with Gasteiger partial charge in [-0.25, -0.2) is 9.97 Å². The van der Waals surface area contributed by atoms with Crippen molar-refractivity contribution in [3.05, 3.63) is 32.8 Å². The van der Waals surface area contributed by atoms with E-state index in [4.69, 9.17) is 5.26 Å². The third-order valence-electron chi connectivity index (χ3n) is 1.66. The summed E-state index contributed by atoms with van der Waals surface area (Å²) in [6.45, 7) is 0. The van der Waals surface area contributed by atoms with Crippen molar-refractivity contribution < 1.29 is 0 Å². The Bertz CT molecular complexity index is 613. The normalized spacial score (nSPS) is 9.75. The summed E-state index contributed by atoms with van der Waals surface area (Å²) in [5, 5.41) is 12.0. The third kappa shape index (κ3) is 2.10. The van der Waals surface area contributed by atoms with Crippen LogP contribution in [0.1, 0.15) is 5.56 Å². The molecule has 0 fully saturated rings. The number of aromatic nitrogens is 3. The fourth-order valence-corrected chi connectivity index (χ4v) is 1.96. The monoisotopic (exact) mass is 297 g/mol. The summed E-state index contributed by atoms with van der Waals surface area (Å²) < 4.78 is 3.07. The zero-order chi connectivity index (χ0) is 11.5. The SMILES string of the molecule is N#Cc1c(Nc2nccc(Br)n2)s[nH]c1=O. The first-order valence-corrected chi connectivity index (χ1v) is 5.69. The van der Waals surface area contributed by atoms with Crippen LogP contribution in [0.2, 0.25) is 0 Å². The summed E-state index contributed by atoms with van der Waals surface area (Å²) in [4.78, 5) is 19.1. The highest BCUT2D eigenvalue weighted by atomic mass is 79.9. The van der Waals surface area contributed by atoms with Gasteiger partial charge >= 0.3 is 0 Å². The van der Waals surface area contributed by atoms with E-state index < -0.39 is 5.56 Å². The first-order valence-electron chi connectivity index (χ1n) is 4.08. The lowest BCUT2D eigenvalue weighted by Gasteiger charge is -2.00. The van der Waals surface area contributed by atoms with Gasteiger partial charge in [0.25, 0.3) is 5.56 Å². The van der Waals surface area contributed by atoms with Crippen LogP contribution >= 0.6 is 27.5 Å². The van der Waals surface area contributed by atoms with Gasteiger partial charge in [-0.2, -0.15) is 5.26 Å². The van der Waals surface area contributed by atoms with Gasteiger partial charge in [0.2, 0.25) is 5.95 Å². The number of halogens is 1. The molecule has 0 aliphatic carbocycles. The molecule has 0 atom stereocenters. The maximum absolute atomic E-state index is 11.2. The molecule has 0 aliphatic rings. The molecule has 2 aromatic heterocycles. The molecule has 2 aromatic rings. The summed E-state index contributed by atoms with van der Waals surface area (Å²) in [6, 6.07) is 3.49. The predicted molar refractivity (Wildman–Crippen MR) is 62.7 cm³/mol. The van der Waals surface area contributed by atoms with Crippen LogP contribution in [0.3, 0.4) is 0 Å². The van der Waals surface area contributed by atoms with Crippen LogP contribution in [-0.4, -0.2) is 14.3 Å². The van der Waals surface area contributed by atoms with Gasteiger partial charge in [0, 0.05) is 6.20 Å². The maximum atomic E-state index is 11.2. The highest BCUT2D eigenvalue weighted by Crippen LogP contribution is 2.19. The Balaban J connectivity index is 2.35. The highest BCUT2D eigenvalue weighted by Gasteiger charge is 2.10. The molecule has 2 rings (SSSR count). The number of rotatable bonds is 2. The topological polar surface area (TPSA) is 94.5 Å². The van der Waals surface area contributed by atoms with Gasteiger partial charge in [-0.05, 0) is 33.5 Å². The van der Waals surface area contributed by atoms with Crippen LogP contribution in [0.5, 0.6) is 0 Å². The summed E-state index contributed by atoms with van der Waals surface area (Å²) >= 11 is 4.23. The molecule has 0 aliphatic heterocycles. The van der Waals surface area contributed by atoms with Crippen molar-refractivity contribution in [2.24, 2.45) is 0 Å². The van der Waals surface area contributed by atoms with E-state index >= 15 is 0 Å². The van der Waals surface area contributed by atoms with Gasteiger partial charge in [0.1, 0.15) is 15.7 Å². The Morgan fingerprint density at radius 3 is 3.12 bits per heavy atom. The largest absolute Gasteiger partial charge is 0.313 e. The Labute approximate surface area is 102 Å². The number of H-pyrrole nitrogens is 1. The number of anilines is 2. The van der Waals surface area contributed by atoms with Gasteiger partial charge in [-0.1, -0.05) is 0 Å². The molecule has 2 heterocycles. The van der Waals surface area contributed by atoms with Crippen molar-refractivity contribution in [3.8, 4) is 6.07 Å². The van der Waals surface area contributed by atoms with E-state index in [0.29, 0.717) is 15.6 Å². The maximum Gasteiger partial charge on any atom is 0.278 e. The van der Waals surface area contributed by atoms with E-state index in [0.717, 1.165) is 11.5 Å². The summed E-state index contributed by atoms with van der Waals surface area (Å²) in [7, 11) is 0. The van der Waals surface area contributed by atoms with Gasteiger partial charge < -0.3 is 5.32 Å². The molecule has 0 saturated heterocycles. The smallest absolute Gasteiger partial charge is 0.278 e. The minimum absolute atomic E-state index is 0.0357. The van der Waals surface area contributed by atoms with E-state index in [-0.39, 0.29) is 5.56 Å². The number of hydrogen-bond donors (Lipinski definition) is 2. The molecule has 0 saturated carbocycles. The Hall–Kier alpha value is -1.72. The number of nitrogens with one attached hydrogen (secondary N) is 2. The summed E-state index contributed by atoms with van der Waals surface area (Å²) in [5.41, 5.74) is -0.376. The fourth-order valence-electron chi connectivity index (χ4n) is 0.991. The minimum Gasteiger partial charge on any atom is -0.313 e. The number of nitriles is 1. The second-order valence-corrected chi connectivity index (χ2v) is 4.31. The quantitative estimate of drug-likeness (QED) is 0.821. The third-order valence-corrected chi connectivity index (χ3v) is 2.90. The molecule has 0 aromatic carbocycles. The van der Waals surface area contributed by atoms with Gasteiger partial charge in [0.15, 0.2) is 5.56 Å². The van der Waals surface area contributed by atoms with Gasteiger partial charge in [-0.15, -0.1) is 0 Å². The first-order chi connectivity index (χ1) is 7.70. The minimum atomic E-state index is -0.412. The molecule has 0 bridgehead atoms. The zero-order valence-corrected chi connectivity index (χ0v) is 10.1. The van der Waals surface area contributed by atoms with Crippen molar-refractivity contribution in [2.75, 3.05) is 5.32 Å². The second kappa shape index (κ2) is 4.42. The molecule has 8 heteroatoms. The van der Waals surface area contributed by atoms with Crippen LogP contribution in [0.4, 0.5) is 10.9 Å². The molecule has 16 heavy (non-hydrogen) atoms. The van der Waals surface area contributed by atoms with Crippen molar-refractivity contribution in [2.45, 2.75) is 0 Å². The Morgan fingerprint density at radius 2 is 2.44 bits per heavy atom.